The molecule has 270 valence electrons. The van der Waals surface area contributed by atoms with E-state index in [0.29, 0.717) is 59.9 Å². The van der Waals surface area contributed by atoms with Gasteiger partial charge in [0.05, 0.1) is 12.2 Å². The zero-order valence-electron chi connectivity index (χ0n) is 29.8. The molecule has 4 aliphatic rings. The predicted octanol–water partition coefficient (Wildman–Crippen LogP) is 5.14. The summed E-state index contributed by atoms with van der Waals surface area (Å²) in [5.41, 5.74) is 6.06. The molecule has 0 heterocycles. The first-order chi connectivity index (χ1) is 21.8. The van der Waals surface area contributed by atoms with Crippen molar-refractivity contribution in [2.45, 2.75) is 136 Å². The van der Waals surface area contributed by atoms with Crippen molar-refractivity contribution in [2.75, 3.05) is 39.3 Å². The molecular formula is C36H70N4O5S. The Morgan fingerprint density at radius 2 is 1.50 bits per heavy atom. The van der Waals surface area contributed by atoms with E-state index in [2.05, 4.69) is 36.7 Å². The molecule has 4 saturated carbocycles. The molecule has 0 bridgehead atoms. The Kier molecular flexibility index (Phi) is 14.3. The molecule has 46 heavy (non-hydrogen) atoms. The van der Waals surface area contributed by atoms with Crippen LogP contribution in [0.1, 0.15) is 118 Å². The number of hydrogen-bond acceptors (Lipinski definition) is 8. The van der Waals surface area contributed by atoms with E-state index in [0.717, 1.165) is 52.0 Å². The number of aliphatic hydroxyl groups excluding tert-OH is 1. The zero-order chi connectivity index (χ0) is 33.5. The normalized spacial score (nSPS) is 37.5. The Morgan fingerprint density at radius 1 is 0.848 bits per heavy atom. The third kappa shape index (κ3) is 9.46. The maximum absolute atomic E-state index is 11.8. The first-order valence-corrected chi connectivity index (χ1v) is 20.3. The molecule has 4 fully saturated rings. The zero-order valence-corrected chi connectivity index (χ0v) is 30.6. The lowest BCUT2D eigenvalue weighted by Gasteiger charge is -2.62. The van der Waals surface area contributed by atoms with Gasteiger partial charge in [0.15, 0.2) is 0 Å². The minimum atomic E-state index is -4.46. The van der Waals surface area contributed by atoms with Gasteiger partial charge in [-0.2, -0.15) is 8.42 Å². The Labute approximate surface area is 281 Å². The summed E-state index contributed by atoms with van der Waals surface area (Å²) in [6, 6.07) is 0.570. The molecule has 5 unspecified atom stereocenters. The Morgan fingerprint density at radius 3 is 2.17 bits per heavy atom. The van der Waals surface area contributed by atoms with Crippen molar-refractivity contribution >= 4 is 10.4 Å². The highest BCUT2D eigenvalue weighted by Crippen LogP contribution is 2.68. The molecule has 0 aromatic rings. The van der Waals surface area contributed by atoms with Gasteiger partial charge in [-0.3, -0.25) is 4.55 Å². The number of nitrogens with one attached hydrogen (secondary N) is 3. The van der Waals surface area contributed by atoms with Gasteiger partial charge in [0.25, 0.3) is 0 Å². The van der Waals surface area contributed by atoms with Gasteiger partial charge in [-0.1, -0.05) is 34.6 Å². The Bertz CT molecular complexity index is 1030. The van der Waals surface area contributed by atoms with Gasteiger partial charge in [-0.25, -0.2) is 4.18 Å². The molecule has 0 amide bonds. The van der Waals surface area contributed by atoms with Crippen LogP contribution in [0.2, 0.25) is 0 Å². The van der Waals surface area contributed by atoms with Crippen molar-refractivity contribution in [3.05, 3.63) is 0 Å². The number of fused-ring (bicyclic) bond motifs is 5. The summed E-state index contributed by atoms with van der Waals surface area (Å²) in [4.78, 5) is 0. The van der Waals surface area contributed by atoms with Crippen molar-refractivity contribution in [3.63, 3.8) is 0 Å². The quantitative estimate of drug-likeness (QED) is 0.0812. The molecule has 0 aromatic heterocycles. The highest BCUT2D eigenvalue weighted by Gasteiger charge is 2.62. The molecule has 9 nitrogen and oxygen atoms in total. The molecule has 10 heteroatoms. The number of aliphatic hydroxyl groups is 1. The molecule has 4 rings (SSSR count). The van der Waals surface area contributed by atoms with Crippen LogP contribution in [0.3, 0.4) is 0 Å². The van der Waals surface area contributed by atoms with Crippen molar-refractivity contribution < 1.29 is 22.3 Å². The second-order valence-corrected chi connectivity index (χ2v) is 17.7. The van der Waals surface area contributed by atoms with Crippen LogP contribution < -0.4 is 21.7 Å². The summed E-state index contributed by atoms with van der Waals surface area (Å²) in [5, 5.41) is 22.7. The van der Waals surface area contributed by atoms with Crippen molar-refractivity contribution in [2.24, 2.45) is 58.0 Å². The van der Waals surface area contributed by atoms with Crippen molar-refractivity contribution in [1.82, 2.24) is 16.0 Å². The molecule has 0 aliphatic heterocycles. The maximum Gasteiger partial charge on any atom is 0.397 e. The fourth-order valence-electron chi connectivity index (χ4n) is 11.0. The molecule has 0 aromatic carbocycles. The first kappa shape index (κ1) is 38.5. The summed E-state index contributed by atoms with van der Waals surface area (Å²) >= 11 is 0. The lowest BCUT2D eigenvalue weighted by molar-refractivity contribution is -0.167. The Hall–Kier alpha value is -0.330. The molecule has 11 atom stereocenters. The van der Waals surface area contributed by atoms with Gasteiger partial charge < -0.3 is 26.8 Å². The SMILES string of the molecule is CC(C)[C@@H](CC[C@H](C)C1CCC2C3C(CC[C@@]21C)[C@@]1(C)CC[C@H](NCCCNCCCCNCCN)CC1C[C@@H]3O)OS(=O)(=O)O. The summed E-state index contributed by atoms with van der Waals surface area (Å²) in [7, 11) is -4.46. The fraction of sp³-hybridized carbons (Fsp3) is 1.00. The summed E-state index contributed by atoms with van der Waals surface area (Å²) in [6.07, 6.45) is 13.9. The molecule has 0 spiro atoms. The molecule has 7 N–H and O–H groups in total. The van der Waals surface area contributed by atoms with E-state index in [4.69, 9.17) is 9.92 Å². The van der Waals surface area contributed by atoms with Crippen LogP contribution in [-0.2, 0) is 14.6 Å². The third-order valence-electron chi connectivity index (χ3n) is 13.6. The number of unbranched alkanes of at least 4 members (excludes halogenated alkanes) is 1. The van der Waals surface area contributed by atoms with E-state index in [9.17, 15) is 18.1 Å². The first-order valence-electron chi connectivity index (χ1n) is 19.0. The average molecular weight is 671 g/mol. The van der Waals surface area contributed by atoms with Crippen LogP contribution in [0.15, 0.2) is 0 Å². The highest BCUT2D eigenvalue weighted by atomic mass is 32.3. The maximum atomic E-state index is 11.8. The molecular weight excluding hydrogens is 600 g/mol. The molecule has 0 radical (unpaired) electrons. The predicted molar refractivity (Wildman–Crippen MR) is 187 cm³/mol. The van der Waals surface area contributed by atoms with Gasteiger partial charge in [0.1, 0.15) is 0 Å². The largest absolute Gasteiger partial charge is 0.397 e. The topological polar surface area (TPSA) is 146 Å². The summed E-state index contributed by atoms with van der Waals surface area (Å²) < 4.78 is 37.2. The van der Waals surface area contributed by atoms with Gasteiger partial charge in [-0.05, 0) is 162 Å². The van der Waals surface area contributed by atoms with E-state index >= 15 is 0 Å². The van der Waals surface area contributed by atoms with E-state index in [1.165, 1.54) is 57.8 Å². The summed E-state index contributed by atoms with van der Waals surface area (Å²) in [6.45, 7) is 17.2. The van der Waals surface area contributed by atoms with E-state index in [1.807, 2.05) is 13.8 Å². The van der Waals surface area contributed by atoms with E-state index in [-0.39, 0.29) is 17.4 Å². The molecule has 4 aliphatic carbocycles. The van der Waals surface area contributed by atoms with Crippen LogP contribution in [0.25, 0.3) is 0 Å². The lowest BCUT2D eigenvalue weighted by Crippen LogP contribution is -2.59. The fourth-order valence-corrected chi connectivity index (χ4v) is 11.7. The Balaban J connectivity index is 1.25. The van der Waals surface area contributed by atoms with Crippen LogP contribution in [0, 0.1) is 52.3 Å². The standard InChI is InChI=1S/C36H70N4O5S/c1-25(2)33(45-46(42,43)44)12-9-26(3)29-10-11-30-34-31(14-16-36(29,30)5)35(4)15-13-28(23-27(35)24-32(34)41)40-21-8-20-38-18-6-7-19-39-22-17-37/h25-34,38-41H,6-24,37H2,1-5H3,(H,42,43,44)/t26-,27?,28-,29?,30?,31?,32-,33+,34?,35-,36+/m0/s1. The van der Waals surface area contributed by atoms with Gasteiger partial charge in [-0.15, -0.1) is 0 Å². The smallest absolute Gasteiger partial charge is 0.393 e. The average Bonchev–Trinajstić information content (AvgIpc) is 3.35. The van der Waals surface area contributed by atoms with Crippen LogP contribution in [0.4, 0.5) is 0 Å². The van der Waals surface area contributed by atoms with E-state index < -0.39 is 16.5 Å². The second-order valence-electron chi connectivity index (χ2n) is 16.7. The van der Waals surface area contributed by atoms with Gasteiger partial charge in [0, 0.05) is 19.1 Å². The number of nitrogens with two attached hydrogens (primary N) is 1. The summed E-state index contributed by atoms with van der Waals surface area (Å²) in [5.74, 6) is 3.20. The number of rotatable bonds is 19. The number of hydrogen-bond donors (Lipinski definition) is 6. The highest BCUT2D eigenvalue weighted by molar-refractivity contribution is 7.80. The van der Waals surface area contributed by atoms with E-state index in [1.54, 1.807) is 0 Å². The minimum Gasteiger partial charge on any atom is -0.393 e. The van der Waals surface area contributed by atoms with Crippen LogP contribution >= 0.6 is 0 Å². The lowest BCUT2D eigenvalue weighted by atomic mass is 9.43. The monoisotopic (exact) mass is 671 g/mol. The second kappa shape index (κ2) is 17.1. The van der Waals surface area contributed by atoms with Gasteiger partial charge >= 0.3 is 10.4 Å². The minimum absolute atomic E-state index is 0.0136. The van der Waals surface area contributed by atoms with Crippen molar-refractivity contribution in [3.8, 4) is 0 Å². The third-order valence-corrected chi connectivity index (χ3v) is 14.1. The van der Waals surface area contributed by atoms with Crippen molar-refractivity contribution in [1.29, 1.82) is 0 Å². The molecule has 0 saturated heterocycles. The van der Waals surface area contributed by atoms with Crippen LogP contribution in [-0.4, -0.2) is 75.6 Å². The van der Waals surface area contributed by atoms with Crippen LogP contribution in [0.5, 0.6) is 0 Å². The van der Waals surface area contributed by atoms with Gasteiger partial charge in [0.2, 0.25) is 0 Å².